The number of benzene rings is 2. The number of carbonyl (C=O) groups is 1. The monoisotopic (exact) mass is 402 g/mol. The van der Waals surface area contributed by atoms with Crippen molar-refractivity contribution in [2.75, 3.05) is 11.4 Å². The second kappa shape index (κ2) is 9.44. The molecule has 0 unspecified atom stereocenters. The summed E-state index contributed by atoms with van der Waals surface area (Å²) in [4.78, 5) is 17.4. The quantitative estimate of drug-likeness (QED) is 0.595. The molecule has 0 saturated carbocycles. The van der Waals surface area contributed by atoms with Gasteiger partial charge in [-0.15, -0.1) is 0 Å². The number of nitrogens with zero attached hydrogens (tertiary/aromatic N) is 2. The zero-order chi connectivity index (χ0) is 20.8. The van der Waals surface area contributed by atoms with Crippen LogP contribution in [0.4, 0.5) is 5.69 Å². The Bertz CT molecular complexity index is 987. The minimum absolute atomic E-state index is 0.152. The van der Waals surface area contributed by atoms with Crippen LogP contribution in [0.5, 0.6) is 5.75 Å². The summed E-state index contributed by atoms with van der Waals surface area (Å²) >= 11 is 0. The molecule has 1 aromatic heterocycles. The maximum absolute atomic E-state index is 10.7. The maximum atomic E-state index is 10.7. The van der Waals surface area contributed by atoms with Gasteiger partial charge in [-0.3, -0.25) is 9.78 Å². The number of aliphatic carboxylic acids is 1. The lowest BCUT2D eigenvalue weighted by atomic mass is 10.0. The molecule has 5 nitrogen and oxygen atoms in total. The summed E-state index contributed by atoms with van der Waals surface area (Å²) < 4.78 is 6.25. The Morgan fingerprint density at radius 3 is 2.63 bits per heavy atom. The number of rotatable bonds is 8. The first-order valence-corrected chi connectivity index (χ1v) is 10.4. The molecule has 0 bridgehead atoms. The van der Waals surface area contributed by atoms with Crippen molar-refractivity contribution in [3.63, 3.8) is 0 Å². The van der Waals surface area contributed by atoms with Crippen LogP contribution in [0.25, 0.3) is 0 Å². The summed E-state index contributed by atoms with van der Waals surface area (Å²) in [6, 6.07) is 18.4. The van der Waals surface area contributed by atoms with Crippen molar-refractivity contribution in [2.24, 2.45) is 0 Å². The summed E-state index contributed by atoms with van der Waals surface area (Å²) in [7, 11) is 0. The van der Waals surface area contributed by atoms with Crippen molar-refractivity contribution in [3.05, 3.63) is 89.2 Å². The smallest absolute Gasteiger partial charge is 0.303 e. The first kappa shape index (κ1) is 20.0. The Balaban J connectivity index is 1.47. The van der Waals surface area contributed by atoms with E-state index in [1.165, 1.54) is 16.8 Å². The second-order valence-electron chi connectivity index (χ2n) is 7.65. The number of aryl methyl sites for hydroxylation is 2. The van der Waals surface area contributed by atoms with Gasteiger partial charge in [-0.05, 0) is 53.6 Å². The van der Waals surface area contributed by atoms with E-state index >= 15 is 0 Å². The Hall–Kier alpha value is -3.34. The topological polar surface area (TPSA) is 62.7 Å². The van der Waals surface area contributed by atoms with Gasteiger partial charge in [-0.25, -0.2) is 0 Å². The van der Waals surface area contributed by atoms with E-state index in [9.17, 15) is 4.79 Å². The fourth-order valence-electron chi connectivity index (χ4n) is 3.90. The van der Waals surface area contributed by atoms with Crippen molar-refractivity contribution in [3.8, 4) is 5.75 Å². The third-order valence-corrected chi connectivity index (χ3v) is 5.41. The number of fused-ring (bicyclic) bond motifs is 1. The zero-order valence-electron chi connectivity index (χ0n) is 17.0. The molecule has 5 heteroatoms. The fourth-order valence-corrected chi connectivity index (χ4v) is 3.90. The molecule has 0 saturated heterocycles. The number of carboxylic acid groups (broad SMARTS) is 1. The van der Waals surface area contributed by atoms with Crippen LogP contribution in [-0.2, 0) is 30.8 Å². The summed E-state index contributed by atoms with van der Waals surface area (Å²) in [6.07, 6.45) is 6.62. The van der Waals surface area contributed by atoms with Gasteiger partial charge in [-0.2, -0.15) is 0 Å². The first-order chi connectivity index (χ1) is 14.7. The highest BCUT2D eigenvalue weighted by atomic mass is 16.5. The summed E-state index contributed by atoms with van der Waals surface area (Å²) in [5.41, 5.74) is 5.80. The molecule has 0 atom stereocenters. The average Bonchev–Trinajstić information content (AvgIpc) is 2.78. The van der Waals surface area contributed by atoms with Gasteiger partial charge >= 0.3 is 5.97 Å². The standard InChI is InChI=1S/C25H26N2O3/c28-24(29)13-12-19-8-10-20(11-9-19)18-30-23-7-1-5-22-6-3-15-27(25(22)23)17-21-4-2-14-26-16-21/h1-2,4-5,7-11,14,16H,3,6,12-13,15,17-18H2,(H,28,29). The largest absolute Gasteiger partial charge is 0.487 e. The Labute approximate surface area is 177 Å². The van der Waals surface area contributed by atoms with Gasteiger partial charge in [0.05, 0.1) is 5.69 Å². The minimum atomic E-state index is -0.771. The van der Waals surface area contributed by atoms with E-state index in [1.54, 1.807) is 6.20 Å². The Kier molecular flexibility index (Phi) is 6.28. The summed E-state index contributed by atoms with van der Waals surface area (Å²) in [5.74, 6) is 0.137. The molecule has 0 fully saturated rings. The van der Waals surface area contributed by atoms with Gasteiger partial charge in [0.2, 0.25) is 0 Å². The molecule has 3 aromatic rings. The van der Waals surface area contributed by atoms with Crippen LogP contribution in [0, 0.1) is 0 Å². The van der Waals surface area contributed by atoms with E-state index in [-0.39, 0.29) is 6.42 Å². The van der Waals surface area contributed by atoms with Crippen molar-refractivity contribution in [2.45, 2.75) is 38.8 Å². The molecule has 1 N–H and O–H groups in total. The minimum Gasteiger partial charge on any atom is -0.487 e. The van der Waals surface area contributed by atoms with Crippen LogP contribution in [0.2, 0.25) is 0 Å². The van der Waals surface area contributed by atoms with Crippen LogP contribution in [0.1, 0.15) is 35.1 Å². The van der Waals surface area contributed by atoms with Crippen LogP contribution in [-0.4, -0.2) is 22.6 Å². The number of hydrogen-bond donors (Lipinski definition) is 1. The lowest BCUT2D eigenvalue weighted by Crippen LogP contribution is -2.29. The number of aromatic nitrogens is 1. The fraction of sp³-hybridized carbons (Fsp3) is 0.280. The van der Waals surface area contributed by atoms with Gasteiger partial charge in [-0.1, -0.05) is 42.5 Å². The number of ether oxygens (including phenoxy) is 1. The predicted molar refractivity (Wildman–Crippen MR) is 117 cm³/mol. The highest BCUT2D eigenvalue weighted by Gasteiger charge is 2.21. The van der Waals surface area contributed by atoms with Crippen molar-refractivity contribution in [1.82, 2.24) is 4.98 Å². The molecule has 0 amide bonds. The van der Waals surface area contributed by atoms with Gasteiger partial charge in [0.15, 0.2) is 0 Å². The van der Waals surface area contributed by atoms with Crippen molar-refractivity contribution in [1.29, 1.82) is 0 Å². The van der Waals surface area contributed by atoms with E-state index in [1.807, 2.05) is 42.6 Å². The van der Waals surface area contributed by atoms with E-state index in [4.69, 9.17) is 9.84 Å². The third-order valence-electron chi connectivity index (χ3n) is 5.41. The van der Waals surface area contributed by atoms with Crippen LogP contribution < -0.4 is 9.64 Å². The molecule has 1 aliphatic heterocycles. The lowest BCUT2D eigenvalue weighted by Gasteiger charge is -2.33. The number of hydrogen-bond acceptors (Lipinski definition) is 4. The van der Waals surface area contributed by atoms with Crippen molar-refractivity contribution < 1.29 is 14.6 Å². The molecular weight excluding hydrogens is 376 g/mol. The summed E-state index contributed by atoms with van der Waals surface area (Å²) in [5, 5.41) is 8.82. The Morgan fingerprint density at radius 1 is 1.03 bits per heavy atom. The number of anilines is 1. The van der Waals surface area contributed by atoms with Gasteiger partial charge in [0, 0.05) is 31.9 Å². The molecule has 0 spiro atoms. The normalized spacial score (nSPS) is 13.0. The molecule has 4 rings (SSSR count). The highest BCUT2D eigenvalue weighted by molar-refractivity contribution is 5.67. The number of para-hydroxylation sites is 1. The number of carboxylic acids is 1. The first-order valence-electron chi connectivity index (χ1n) is 10.4. The molecule has 30 heavy (non-hydrogen) atoms. The molecule has 0 radical (unpaired) electrons. The van der Waals surface area contributed by atoms with E-state index in [0.29, 0.717) is 13.0 Å². The molecule has 0 aliphatic carbocycles. The average molecular weight is 402 g/mol. The van der Waals surface area contributed by atoms with Crippen molar-refractivity contribution >= 4 is 11.7 Å². The number of pyridine rings is 1. The zero-order valence-corrected chi connectivity index (χ0v) is 17.0. The van der Waals surface area contributed by atoms with Gasteiger partial charge in [0.1, 0.15) is 12.4 Å². The predicted octanol–water partition coefficient (Wildman–Crippen LogP) is 4.63. The van der Waals surface area contributed by atoms with Crippen LogP contribution in [0.15, 0.2) is 67.0 Å². The third kappa shape index (κ3) is 4.98. The van der Waals surface area contributed by atoms with E-state index in [0.717, 1.165) is 42.8 Å². The SMILES string of the molecule is O=C(O)CCc1ccc(COc2cccc3c2N(Cc2cccnc2)CCC3)cc1. The van der Waals surface area contributed by atoms with Crippen LogP contribution >= 0.6 is 0 Å². The lowest BCUT2D eigenvalue weighted by molar-refractivity contribution is -0.136. The second-order valence-corrected chi connectivity index (χ2v) is 7.65. The van der Waals surface area contributed by atoms with E-state index < -0.39 is 5.97 Å². The molecule has 154 valence electrons. The maximum Gasteiger partial charge on any atom is 0.303 e. The van der Waals surface area contributed by atoms with Crippen LogP contribution in [0.3, 0.4) is 0 Å². The van der Waals surface area contributed by atoms with E-state index in [2.05, 4.69) is 28.1 Å². The Morgan fingerprint density at radius 2 is 1.87 bits per heavy atom. The molecular formula is C25H26N2O3. The molecule has 2 heterocycles. The summed E-state index contributed by atoms with van der Waals surface area (Å²) in [6.45, 7) is 2.30. The van der Waals surface area contributed by atoms with Gasteiger partial charge < -0.3 is 14.7 Å². The molecule has 1 aliphatic rings. The van der Waals surface area contributed by atoms with Gasteiger partial charge in [0.25, 0.3) is 0 Å². The highest BCUT2D eigenvalue weighted by Crippen LogP contribution is 2.37. The molecule has 2 aromatic carbocycles.